The number of benzene rings is 2. The first kappa shape index (κ1) is 19.9. The summed E-state index contributed by atoms with van der Waals surface area (Å²) in [5.74, 6) is -0.310. The number of amides is 3. The van der Waals surface area contributed by atoms with Crippen LogP contribution in [0.15, 0.2) is 42.5 Å². The minimum Gasteiger partial charge on any atom is -0.337 e. The topological polar surface area (TPSA) is 170 Å². The zero-order valence-electron chi connectivity index (χ0n) is 15.0. The number of nitrogens with one attached hydrogen (secondary N) is 6. The van der Waals surface area contributed by atoms with Crippen LogP contribution in [0.4, 0.5) is 21.9 Å². The molecule has 0 aliphatic rings. The Morgan fingerprint density at radius 1 is 1.00 bits per heavy atom. The third-order valence-electron chi connectivity index (χ3n) is 3.66. The molecule has 152 valence electrons. The quantitative estimate of drug-likeness (QED) is 0.218. The first-order chi connectivity index (χ1) is 13.9. The van der Waals surface area contributed by atoms with Crippen molar-refractivity contribution < 1.29 is 18.0 Å². The second-order valence-electron chi connectivity index (χ2n) is 5.79. The summed E-state index contributed by atoms with van der Waals surface area (Å²) in [6, 6.07) is 10.7. The molecule has 6 N–H and O–H groups in total. The van der Waals surface area contributed by atoms with E-state index in [-0.39, 0.29) is 12.3 Å². The smallest absolute Gasteiger partial charge is 0.319 e. The zero-order valence-corrected chi connectivity index (χ0v) is 15.8. The Labute approximate surface area is 165 Å². The summed E-state index contributed by atoms with van der Waals surface area (Å²) in [5.41, 5.74) is 7.57. The van der Waals surface area contributed by atoms with Gasteiger partial charge in [-0.05, 0) is 42.5 Å². The van der Waals surface area contributed by atoms with Crippen LogP contribution < -0.4 is 26.2 Å². The highest BCUT2D eigenvalue weighted by molar-refractivity contribution is 7.92. The molecule has 3 amide bonds. The second kappa shape index (κ2) is 8.88. The van der Waals surface area contributed by atoms with Gasteiger partial charge < -0.3 is 10.6 Å². The molecule has 2 aromatic carbocycles. The summed E-state index contributed by atoms with van der Waals surface area (Å²) in [5, 5.41) is 15.4. The van der Waals surface area contributed by atoms with Gasteiger partial charge in [0.2, 0.25) is 16.4 Å². The number of hydrogen-bond acceptors (Lipinski definition) is 7. The molecule has 3 aromatic rings. The Morgan fingerprint density at radius 2 is 1.69 bits per heavy atom. The van der Waals surface area contributed by atoms with Gasteiger partial charge in [-0.2, -0.15) is 15.4 Å². The molecule has 0 bridgehead atoms. The molecule has 0 spiro atoms. The number of hydrogen-bond donors (Lipinski definition) is 6. The van der Waals surface area contributed by atoms with Gasteiger partial charge in [0.05, 0.1) is 11.4 Å². The van der Waals surface area contributed by atoms with Gasteiger partial charge in [0, 0.05) is 17.9 Å². The SMILES string of the molecule is O=CNNc1ccc(NS(=O)(=O)CCNC(=O)Nc2ccc3n[nH]nc3c2)cc1. The fourth-order valence-electron chi connectivity index (χ4n) is 2.36. The van der Waals surface area contributed by atoms with Crippen LogP contribution in [0.25, 0.3) is 11.0 Å². The average molecular weight is 418 g/mol. The summed E-state index contributed by atoms with van der Waals surface area (Å²) in [6.45, 7) is -0.0870. The molecule has 0 fully saturated rings. The lowest BCUT2D eigenvalue weighted by Crippen LogP contribution is -2.34. The molecule has 0 unspecified atom stereocenters. The van der Waals surface area contributed by atoms with E-state index in [1.165, 1.54) is 12.1 Å². The van der Waals surface area contributed by atoms with E-state index in [2.05, 4.69) is 41.6 Å². The Morgan fingerprint density at radius 3 is 2.45 bits per heavy atom. The third kappa shape index (κ3) is 5.80. The van der Waals surface area contributed by atoms with Crippen LogP contribution in [-0.4, -0.2) is 48.6 Å². The maximum Gasteiger partial charge on any atom is 0.319 e. The van der Waals surface area contributed by atoms with Crippen molar-refractivity contribution in [3.05, 3.63) is 42.5 Å². The van der Waals surface area contributed by atoms with Gasteiger partial charge in [0.15, 0.2) is 0 Å². The van der Waals surface area contributed by atoms with E-state index in [0.29, 0.717) is 34.5 Å². The van der Waals surface area contributed by atoms with E-state index in [1.807, 2.05) is 0 Å². The predicted molar refractivity (Wildman–Crippen MR) is 108 cm³/mol. The van der Waals surface area contributed by atoms with Crippen LogP contribution >= 0.6 is 0 Å². The van der Waals surface area contributed by atoms with Gasteiger partial charge in [0.25, 0.3) is 0 Å². The molecule has 0 saturated carbocycles. The summed E-state index contributed by atoms with van der Waals surface area (Å²) >= 11 is 0. The number of rotatable bonds is 9. The molecule has 0 aliphatic carbocycles. The van der Waals surface area contributed by atoms with Gasteiger partial charge >= 0.3 is 6.03 Å². The summed E-state index contributed by atoms with van der Waals surface area (Å²) in [6.07, 6.45) is 0.479. The Balaban J connectivity index is 1.45. The highest BCUT2D eigenvalue weighted by Gasteiger charge is 2.12. The number of fused-ring (bicyclic) bond motifs is 1. The molecular formula is C16H18N8O4S. The zero-order chi connectivity index (χ0) is 20.7. The van der Waals surface area contributed by atoms with Gasteiger partial charge in [0.1, 0.15) is 11.0 Å². The fraction of sp³-hybridized carbons (Fsp3) is 0.125. The molecule has 0 radical (unpaired) electrons. The lowest BCUT2D eigenvalue weighted by atomic mass is 10.3. The van der Waals surface area contributed by atoms with Gasteiger partial charge in [-0.15, -0.1) is 0 Å². The Hall–Kier alpha value is -3.87. The molecule has 0 atom stereocenters. The lowest BCUT2D eigenvalue weighted by Gasteiger charge is -2.11. The first-order valence-corrected chi connectivity index (χ1v) is 10.0. The molecule has 1 heterocycles. The van der Waals surface area contributed by atoms with Crippen molar-refractivity contribution in [2.24, 2.45) is 0 Å². The van der Waals surface area contributed by atoms with Gasteiger partial charge in [-0.25, -0.2) is 13.2 Å². The van der Waals surface area contributed by atoms with E-state index in [9.17, 15) is 18.0 Å². The molecule has 3 rings (SSSR count). The Bertz CT molecular complexity index is 1100. The number of carbonyl (C=O) groups excluding carboxylic acids is 2. The monoisotopic (exact) mass is 418 g/mol. The highest BCUT2D eigenvalue weighted by Crippen LogP contribution is 2.15. The standard InChI is InChI=1S/C16H18N8O4S/c25-10-18-20-11-1-3-12(4-2-11)23-29(27,28)8-7-17-16(26)19-13-5-6-14-15(9-13)22-24-21-14/h1-6,9-10,20,23H,7-8H2,(H,18,25)(H2,17,19,26)(H,21,22,24). The van der Waals surface area contributed by atoms with Crippen molar-refractivity contribution in [3.63, 3.8) is 0 Å². The van der Waals surface area contributed by atoms with Crippen LogP contribution in [0.5, 0.6) is 0 Å². The van der Waals surface area contributed by atoms with Crippen molar-refractivity contribution >= 4 is 50.6 Å². The molecule has 1 aromatic heterocycles. The van der Waals surface area contributed by atoms with E-state index in [4.69, 9.17) is 0 Å². The van der Waals surface area contributed by atoms with E-state index in [1.54, 1.807) is 30.3 Å². The number of aromatic nitrogens is 3. The molecular weight excluding hydrogens is 400 g/mol. The summed E-state index contributed by atoms with van der Waals surface area (Å²) < 4.78 is 26.7. The van der Waals surface area contributed by atoms with Crippen LogP contribution in [0.2, 0.25) is 0 Å². The molecule has 0 aliphatic heterocycles. The minimum atomic E-state index is -3.66. The van der Waals surface area contributed by atoms with Crippen molar-refractivity contribution in [1.82, 2.24) is 26.2 Å². The number of aromatic amines is 1. The maximum atomic E-state index is 12.1. The average Bonchev–Trinajstić information content (AvgIpc) is 3.15. The Kier molecular flexibility index (Phi) is 6.09. The van der Waals surface area contributed by atoms with E-state index >= 15 is 0 Å². The van der Waals surface area contributed by atoms with Crippen LogP contribution in [0.1, 0.15) is 0 Å². The lowest BCUT2D eigenvalue weighted by molar-refractivity contribution is -0.109. The first-order valence-electron chi connectivity index (χ1n) is 8.36. The third-order valence-corrected chi connectivity index (χ3v) is 4.95. The van der Waals surface area contributed by atoms with Gasteiger partial charge in [-0.3, -0.25) is 20.4 Å². The van der Waals surface area contributed by atoms with Gasteiger partial charge in [-0.1, -0.05) is 0 Å². The molecule has 13 heteroatoms. The summed E-state index contributed by atoms with van der Waals surface area (Å²) in [4.78, 5) is 22.2. The fourth-order valence-corrected chi connectivity index (χ4v) is 3.33. The number of hydrazine groups is 1. The number of sulfonamides is 1. The highest BCUT2D eigenvalue weighted by atomic mass is 32.2. The number of H-pyrrole nitrogens is 1. The maximum absolute atomic E-state index is 12.1. The number of carbonyl (C=O) groups is 2. The number of urea groups is 1. The van der Waals surface area contributed by atoms with Crippen molar-refractivity contribution in [1.29, 1.82) is 0 Å². The normalized spacial score (nSPS) is 10.9. The largest absolute Gasteiger partial charge is 0.337 e. The van der Waals surface area contributed by atoms with Crippen molar-refractivity contribution in [2.75, 3.05) is 27.8 Å². The minimum absolute atomic E-state index is 0.0870. The van der Waals surface area contributed by atoms with Crippen LogP contribution in [0, 0.1) is 0 Å². The predicted octanol–water partition coefficient (Wildman–Crippen LogP) is 0.594. The molecule has 0 saturated heterocycles. The van der Waals surface area contributed by atoms with Crippen molar-refractivity contribution in [3.8, 4) is 0 Å². The van der Waals surface area contributed by atoms with Crippen LogP contribution in [-0.2, 0) is 14.8 Å². The second-order valence-corrected chi connectivity index (χ2v) is 7.64. The number of anilines is 3. The van der Waals surface area contributed by atoms with E-state index < -0.39 is 16.1 Å². The summed E-state index contributed by atoms with van der Waals surface area (Å²) in [7, 11) is -3.66. The van der Waals surface area contributed by atoms with E-state index in [0.717, 1.165) is 0 Å². The number of nitrogens with zero attached hydrogens (tertiary/aromatic N) is 2. The molecule has 29 heavy (non-hydrogen) atoms. The molecule has 12 nitrogen and oxygen atoms in total. The van der Waals surface area contributed by atoms with Crippen molar-refractivity contribution in [2.45, 2.75) is 0 Å². The van der Waals surface area contributed by atoms with Crippen LogP contribution in [0.3, 0.4) is 0 Å².